The van der Waals surface area contributed by atoms with Gasteiger partial charge in [0.2, 0.25) is 0 Å². The molecule has 2 heterocycles. The van der Waals surface area contributed by atoms with Crippen LogP contribution in [-0.2, 0) is 6.54 Å². The van der Waals surface area contributed by atoms with Crippen molar-refractivity contribution in [2.24, 2.45) is 0 Å². The van der Waals surface area contributed by atoms with E-state index in [0.29, 0.717) is 6.04 Å². The third-order valence-corrected chi connectivity index (χ3v) is 4.17. The number of nitrogens with zero attached hydrogens (tertiary/aromatic N) is 3. The lowest BCUT2D eigenvalue weighted by atomic mass is 10.0. The highest BCUT2D eigenvalue weighted by molar-refractivity contribution is 5.95. The molecule has 1 saturated heterocycles. The Morgan fingerprint density at radius 2 is 2.05 bits per heavy atom. The molecular formula is C17H18N4. The first kappa shape index (κ1) is 12.5. The highest BCUT2D eigenvalue weighted by Gasteiger charge is 2.15. The molecule has 0 radical (unpaired) electrons. The van der Waals surface area contributed by atoms with Crippen molar-refractivity contribution in [2.75, 3.05) is 6.54 Å². The fraction of sp³-hybridized carbons (Fsp3) is 0.294. The molecule has 0 saturated carbocycles. The van der Waals surface area contributed by atoms with Crippen LogP contribution in [0.4, 0.5) is 0 Å². The molecule has 1 aromatic heterocycles. The van der Waals surface area contributed by atoms with E-state index in [0.717, 1.165) is 24.3 Å². The summed E-state index contributed by atoms with van der Waals surface area (Å²) in [5.74, 6) is 0. The topological polar surface area (TPSA) is 42.7 Å². The molecule has 106 valence electrons. The molecule has 0 unspecified atom stereocenters. The van der Waals surface area contributed by atoms with Gasteiger partial charge in [-0.3, -0.25) is 4.68 Å². The molecule has 1 N–H and O–H groups in total. The molecule has 3 aromatic rings. The zero-order valence-corrected chi connectivity index (χ0v) is 11.9. The summed E-state index contributed by atoms with van der Waals surface area (Å²) in [4.78, 5) is 0. The number of fused-ring (bicyclic) bond motifs is 1. The van der Waals surface area contributed by atoms with Gasteiger partial charge in [0.25, 0.3) is 0 Å². The maximum absolute atomic E-state index is 4.36. The Bertz CT molecular complexity index is 751. The first-order valence-electron chi connectivity index (χ1n) is 7.52. The van der Waals surface area contributed by atoms with Crippen LogP contribution in [-0.4, -0.2) is 27.6 Å². The van der Waals surface area contributed by atoms with Crippen LogP contribution in [0, 0.1) is 0 Å². The van der Waals surface area contributed by atoms with Gasteiger partial charge in [0.15, 0.2) is 0 Å². The predicted molar refractivity (Wildman–Crippen MR) is 84.0 cm³/mol. The number of aromatic nitrogens is 3. The van der Waals surface area contributed by atoms with Crippen molar-refractivity contribution in [3.05, 3.63) is 48.7 Å². The molecule has 0 amide bonds. The number of hydrogen-bond donors (Lipinski definition) is 1. The Kier molecular flexibility index (Phi) is 3.16. The van der Waals surface area contributed by atoms with Gasteiger partial charge in [-0.25, -0.2) is 0 Å². The van der Waals surface area contributed by atoms with E-state index in [9.17, 15) is 0 Å². The minimum absolute atomic E-state index is 0.534. The first-order valence-corrected chi connectivity index (χ1v) is 7.52. The van der Waals surface area contributed by atoms with E-state index in [1.54, 1.807) is 0 Å². The van der Waals surface area contributed by atoms with Crippen molar-refractivity contribution in [1.82, 2.24) is 20.3 Å². The third-order valence-electron chi connectivity index (χ3n) is 4.17. The molecule has 4 nitrogen and oxygen atoms in total. The first-order chi connectivity index (χ1) is 10.4. The summed E-state index contributed by atoms with van der Waals surface area (Å²) >= 11 is 0. The van der Waals surface area contributed by atoms with Crippen LogP contribution in [0.2, 0.25) is 0 Å². The fourth-order valence-electron chi connectivity index (χ4n) is 3.10. The lowest BCUT2D eigenvalue weighted by molar-refractivity contribution is 0.466. The Labute approximate surface area is 123 Å². The minimum atomic E-state index is 0.534. The summed E-state index contributed by atoms with van der Waals surface area (Å²) in [5, 5.41) is 14.6. The molecule has 0 bridgehead atoms. The quantitative estimate of drug-likeness (QED) is 0.801. The second-order valence-corrected chi connectivity index (χ2v) is 5.65. The van der Waals surface area contributed by atoms with Gasteiger partial charge in [-0.1, -0.05) is 47.7 Å². The largest absolute Gasteiger partial charge is 0.312 e. The minimum Gasteiger partial charge on any atom is -0.312 e. The SMILES string of the molecule is c1ccc2c(-c3cn(C[C@@H]4CCCN4)nn3)cccc2c1. The van der Waals surface area contributed by atoms with Crippen molar-refractivity contribution in [1.29, 1.82) is 0 Å². The Morgan fingerprint density at radius 3 is 2.95 bits per heavy atom. The van der Waals surface area contributed by atoms with Crippen molar-refractivity contribution in [3.8, 4) is 11.3 Å². The second kappa shape index (κ2) is 5.30. The zero-order valence-electron chi connectivity index (χ0n) is 11.9. The lowest BCUT2D eigenvalue weighted by Gasteiger charge is -2.08. The summed E-state index contributed by atoms with van der Waals surface area (Å²) in [6.07, 6.45) is 4.54. The van der Waals surface area contributed by atoms with Gasteiger partial charge < -0.3 is 5.32 Å². The second-order valence-electron chi connectivity index (χ2n) is 5.65. The Morgan fingerprint density at radius 1 is 1.14 bits per heavy atom. The van der Waals surface area contributed by atoms with Crippen molar-refractivity contribution in [3.63, 3.8) is 0 Å². The van der Waals surface area contributed by atoms with E-state index >= 15 is 0 Å². The molecular weight excluding hydrogens is 260 g/mol. The summed E-state index contributed by atoms with van der Waals surface area (Å²) < 4.78 is 1.96. The van der Waals surface area contributed by atoms with Crippen LogP contribution < -0.4 is 5.32 Å². The predicted octanol–water partition coefficient (Wildman–Crippen LogP) is 2.85. The summed E-state index contributed by atoms with van der Waals surface area (Å²) in [6.45, 7) is 2.02. The van der Waals surface area contributed by atoms with Gasteiger partial charge in [0, 0.05) is 11.6 Å². The van der Waals surface area contributed by atoms with E-state index in [4.69, 9.17) is 0 Å². The smallest absolute Gasteiger partial charge is 0.113 e. The van der Waals surface area contributed by atoms with Crippen molar-refractivity contribution >= 4 is 10.8 Å². The normalized spacial score (nSPS) is 18.4. The van der Waals surface area contributed by atoms with Crippen LogP contribution in [0.5, 0.6) is 0 Å². The van der Waals surface area contributed by atoms with Crippen LogP contribution in [0.1, 0.15) is 12.8 Å². The molecule has 1 aliphatic rings. The van der Waals surface area contributed by atoms with Gasteiger partial charge in [-0.15, -0.1) is 5.10 Å². The van der Waals surface area contributed by atoms with Crippen molar-refractivity contribution < 1.29 is 0 Å². The molecule has 4 rings (SSSR count). The average molecular weight is 278 g/mol. The maximum atomic E-state index is 4.36. The fourth-order valence-corrected chi connectivity index (χ4v) is 3.10. The van der Waals surface area contributed by atoms with Crippen molar-refractivity contribution in [2.45, 2.75) is 25.4 Å². The van der Waals surface area contributed by atoms with E-state index < -0.39 is 0 Å². The summed E-state index contributed by atoms with van der Waals surface area (Å²) in [5.41, 5.74) is 2.10. The number of hydrogen-bond acceptors (Lipinski definition) is 3. The average Bonchev–Trinajstić information content (AvgIpc) is 3.19. The maximum Gasteiger partial charge on any atom is 0.113 e. The van der Waals surface area contributed by atoms with E-state index in [1.165, 1.54) is 23.6 Å². The monoisotopic (exact) mass is 278 g/mol. The van der Waals surface area contributed by atoms with E-state index in [1.807, 2.05) is 4.68 Å². The van der Waals surface area contributed by atoms with E-state index in [2.05, 4.69) is 64.3 Å². The molecule has 4 heteroatoms. The van der Waals surface area contributed by atoms with Crippen LogP contribution in [0.15, 0.2) is 48.7 Å². The van der Waals surface area contributed by atoms with Gasteiger partial charge in [-0.05, 0) is 30.2 Å². The molecule has 2 aromatic carbocycles. The van der Waals surface area contributed by atoms with Gasteiger partial charge in [0.1, 0.15) is 5.69 Å². The molecule has 0 aliphatic carbocycles. The molecule has 1 fully saturated rings. The zero-order chi connectivity index (χ0) is 14.1. The van der Waals surface area contributed by atoms with Gasteiger partial charge in [-0.2, -0.15) is 0 Å². The Balaban J connectivity index is 1.67. The molecule has 1 atom stereocenters. The summed E-state index contributed by atoms with van der Waals surface area (Å²) in [7, 11) is 0. The number of rotatable bonds is 3. The lowest BCUT2D eigenvalue weighted by Crippen LogP contribution is -2.26. The standard InChI is InChI=1S/C17H18N4/c1-2-8-15-13(5-1)6-3-9-16(15)17-12-21(20-19-17)11-14-7-4-10-18-14/h1-3,5-6,8-9,12,14,18H,4,7,10-11H2/t14-/m0/s1. The Hall–Kier alpha value is -2.20. The van der Waals surface area contributed by atoms with Gasteiger partial charge >= 0.3 is 0 Å². The summed E-state index contributed by atoms with van der Waals surface area (Å²) in [6, 6.07) is 15.3. The highest BCUT2D eigenvalue weighted by atomic mass is 15.4. The highest BCUT2D eigenvalue weighted by Crippen LogP contribution is 2.26. The number of benzene rings is 2. The molecule has 1 aliphatic heterocycles. The van der Waals surface area contributed by atoms with Crippen LogP contribution >= 0.6 is 0 Å². The molecule has 0 spiro atoms. The molecule has 21 heavy (non-hydrogen) atoms. The van der Waals surface area contributed by atoms with Gasteiger partial charge in [0.05, 0.1) is 12.7 Å². The van der Waals surface area contributed by atoms with E-state index in [-0.39, 0.29) is 0 Å². The third kappa shape index (κ3) is 2.43. The number of nitrogens with one attached hydrogen (secondary N) is 1. The van der Waals surface area contributed by atoms with Crippen LogP contribution in [0.25, 0.3) is 22.0 Å². The van der Waals surface area contributed by atoms with Crippen LogP contribution in [0.3, 0.4) is 0 Å².